The van der Waals surface area contributed by atoms with E-state index in [-0.39, 0.29) is 17.8 Å². The third-order valence-corrected chi connectivity index (χ3v) is 4.99. The van der Waals surface area contributed by atoms with Gasteiger partial charge >= 0.3 is 6.03 Å². The number of hydrogen-bond donors (Lipinski definition) is 1. The van der Waals surface area contributed by atoms with E-state index in [0.29, 0.717) is 12.0 Å². The molecule has 2 atom stereocenters. The standard InChI is InChI=1S/C15H30N2O3S/c1-12(2)8-9-14-7-5-6-10-17(14)15(18)16-13(3)11-21(4,19)20/h12-14H,5-11H2,1-4H3,(H,16,18). The molecule has 21 heavy (non-hydrogen) atoms. The first-order chi connectivity index (χ1) is 9.69. The van der Waals surface area contributed by atoms with Gasteiger partial charge in [0.2, 0.25) is 0 Å². The number of piperidine rings is 1. The van der Waals surface area contributed by atoms with Gasteiger partial charge in [0.25, 0.3) is 0 Å². The smallest absolute Gasteiger partial charge is 0.317 e. The maximum Gasteiger partial charge on any atom is 0.317 e. The largest absolute Gasteiger partial charge is 0.335 e. The molecule has 0 aromatic rings. The number of urea groups is 1. The fourth-order valence-corrected chi connectivity index (χ4v) is 3.87. The van der Waals surface area contributed by atoms with E-state index in [4.69, 9.17) is 0 Å². The minimum absolute atomic E-state index is 0.0107. The maximum absolute atomic E-state index is 12.4. The van der Waals surface area contributed by atoms with Crippen LogP contribution in [-0.4, -0.2) is 50.0 Å². The first kappa shape index (κ1) is 18.3. The minimum Gasteiger partial charge on any atom is -0.335 e. The predicted octanol–water partition coefficient (Wildman–Crippen LogP) is 2.42. The van der Waals surface area contributed by atoms with Crippen LogP contribution in [0.15, 0.2) is 0 Å². The Morgan fingerprint density at radius 2 is 1.95 bits per heavy atom. The summed E-state index contributed by atoms with van der Waals surface area (Å²) in [5, 5.41) is 2.83. The Bertz CT molecular complexity index is 434. The Balaban J connectivity index is 2.56. The Morgan fingerprint density at radius 3 is 2.52 bits per heavy atom. The van der Waals surface area contributed by atoms with Crippen molar-refractivity contribution in [2.75, 3.05) is 18.6 Å². The van der Waals surface area contributed by atoms with Crippen LogP contribution in [-0.2, 0) is 9.84 Å². The first-order valence-corrected chi connectivity index (χ1v) is 10.00. The van der Waals surface area contributed by atoms with Crippen molar-refractivity contribution in [3.05, 3.63) is 0 Å². The summed E-state index contributed by atoms with van der Waals surface area (Å²) in [5.74, 6) is 0.629. The summed E-state index contributed by atoms with van der Waals surface area (Å²) in [7, 11) is -3.07. The van der Waals surface area contributed by atoms with Gasteiger partial charge < -0.3 is 10.2 Å². The van der Waals surface area contributed by atoms with Gasteiger partial charge in [-0.15, -0.1) is 0 Å². The van der Waals surface area contributed by atoms with Crippen molar-refractivity contribution in [2.24, 2.45) is 5.92 Å². The van der Waals surface area contributed by atoms with Crippen LogP contribution in [0.4, 0.5) is 4.79 Å². The highest BCUT2D eigenvalue weighted by molar-refractivity contribution is 7.90. The van der Waals surface area contributed by atoms with Gasteiger partial charge in [-0.2, -0.15) is 0 Å². The number of nitrogens with zero attached hydrogens (tertiary/aromatic N) is 1. The van der Waals surface area contributed by atoms with Crippen LogP contribution >= 0.6 is 0 Å². The van der Waals surface area contributed by atoms with Crippen molar-refractivity contribution in [1.82, 2.24) is 10.2 Å². The quantitative estimate of drug-likeness (QED) is 0.818. The monoisotopic (exact) mass is 318 g/mol. The Labute approximate surface area is 129 Å². The molecule has 2 amide bonds. The van der Waals surface area contributed by atoms with Crippen LogP contribution in [0, 0.1) is 5.92 Å². The molecule has 1 saturated heterocycles. The summed E-state index contributed by atoms with van der Waals surface area (Å²) >= 11 is 0. The molecule has 0 bridgehead atoms. The van der Waals surface area contributed by atoms with Crippen molar-refractivity contribution in [3.8, 4) is 0 Å². The second kappa shape index (κ2) is 8.01. The molecule has 0 aliphatic carbocycles. The molecular weight excluding hydrogens is 288 g/mol. The number of rotatable bonds is 6. The third kappa shape index (κ3) is 7.16. The highest BCUT2D eigenvalue weighted by atomic mass is 32.2. The minimum atomic E-state index is -3.07. The van der Waals surface area contributed by atoms with Crippen LogP contribution < -0.4 is 5.32 Å². The predicted molar refractivity (Wildman–Crippen MR) is 86.1 cm³/mol. The lowest BCUT2D eigenvalue weighted by Gasteiger charge is -2.36. The Kier molecular flexibility index (Phi) is 6.97. The van der Waals surface area contributed by atoms with Crippen LogP contribution in [0.3, 0.4) is 0 Å². The van der Waals surface area contributed by atoms with Gasteiger partial charge in [-0.25, -0.2) is 13.2 Å². The average molecular weight is 318 g/mol. The summed E-state index contributed by atoms with van der Waals surface area (Å²) in [4.78, 5) is 14.3. The molecule has 0 spiro atoms. The van der Waals surface area contributed by atoms with Crippen molar-refractivity contribution < 1.29 is 13.2 Å². The fourth-order valence-electron chi connectivity index (χ4n) is 2.88. The molecule has 1 aliphatic heterocycles. The number of likely N-dealkylation sites (tertiary alicyclic amines) is 1. The van der Waals surface area contributed by atoms with Crippen molar-refractivity contribution in [1.29, 1.82) is 0 Å². The highest BCUT2D eigenvalue weighted by Crippen LogP contribution is 2.22. The summed E-state index contributed by atoms with van der Waals surface area (Å²) in [6, 6.07) is -0.161. The SMILES string of the molecule is CC(C)CCC1CCCCN1C(=O)NC(C)CS(C)(=O)=O. The van der Waals surface area contributed by atoms with E-state index in [9.17, 15) is 13.2 Å². The molecule has 0 aromatic heterocycles. The van der Waals surface area contributed by atoms with Gasteiger partial charge in [-0.3, -0.25) is 0 Å². The Morgan fingerprint density at radius 1 is 1.29 bits per heavy atom. The summed E-state index contributed by atoms with van der Waals surface area (Å²) in [5.41, 5.74) is 0. The fraction of sp³-hybridized carbons (Fsp3) is 0.933. The van der Waals surface area contributed by atoms with Gasteiger partial charge in [0.05, 0.1) is 5.75 Å². The number of carbonyl (C=O) groups excluding carboxylic acids is 1. The van der Waals surface area contributed by atoms with Crippen LogP contribution in [0.2, 0.25) is 0 Å². The van der Waals surface area contributed by atoms with Gasteiger partial charge in [0.15, 0.2) is 0 Å². The zero-order valence-electron chi connectivity index (χ0n) is 13.8. The normalized spacial score (nSPS) is 21.4. The number of amides is 2. The molecule has 124 valence electrons. The van der Waals surface area contributed by atoms with E-state index in [2.05, 4.69) is 19.2 Å². The lowest BCUT2D eigenvalue weighted by molar-refractivity contribution is 0.141. The topological polar surface area (TPSA) is 66.5 Å². The van der Waals surface area contributed by atoms with Gasteiger partial charge in [-0.1, -0.05) is 13.8 Å². The molecule has 1 heterocycles. The van der Waals surface area contributed by atoms with Gasteiger partial charge in [0.1, 0.15) is 9.84 Å². The van der Waals surface area contributed by atoms with Crippen molar-refractivity contribution in [3.63, 3.8) is 0 Å². The third-order valence-electron chi connectivity index (χ3n) is 3.89. The molecule has 2 unspecified atom stereocenters. The molecule has 1 rings (SSSR count). The van der Waals surface area contributed by atoms with E-state index in [1.165, 1.54) is 12.7 Å². The number of carbonyl (C=O) groups is 1. The number of hydrogen-bond acceptors (Lipinski definition) is 3. The molecule has 6 heteroatoms. The van der Waals surface area contributed by atoms with E-state index in [1.54, 1.807) is 6.92 Å². The lowest BCUT2D eigenvalue weighted by Crippen LogP contribution is -2.51. The molecule has 0 saturated carbocycles. The molecule has 0 radical (unpaired) electrons. The zero-order chi connectivity index (χ0) is 16.0. The molecule has 5 nitrogen and oxygen atoms in total. The molecular formula is C15H30N2O3S. The van der Waals surface area contributed by atoms with Crippen molar-refractivity contribution >= 4 is 15.9 Å². The van der Waals surface area contributed by atoms with Crippen LogP contribution in [0.5, 0.6) is 0 Å². The maximum atomic E-state index is 12.4. The summed E-state index contributed by atoms with van der Waals surface area (Å²) in [6.45, 7) is 6.91. The summed E-state index contributed by atoms with van der Waals surface area (Å²) < 4.78 is 22.6. The van der Waals surface area contributed by atoms with Crippen LogP contribution in [0.25, 0.3) is 0 Å². The van der Waals surface area contributed by atoms with Crippen LogP contribution in [0.1, 0.15) is 52.9 Å². The van der Waals surface area contributed by atoms with Crippen molar-refractivity contribution in [2.45, 2.75) is 65.0 Å². The van der Waals surface area contributed by atoms with E-state index < -0.39 is 9.84 Å². The molecule has 0 aromatic carbocycles. The second-order valence-electron chi connectivity index (χ2n) is 6.76. The summed E-state index contributed by atoms with van der Waals surface area (Å²) in [6.07, 6.45) is 6.61. The molecule has 1 aliphatic rings. The molecule has 1 N–H and O–H groups in total. The van der Waals surface area contributed by atoms with E-state index in [0.717, 1.165) is 32.2 Å². The average Bonchev–Trinajstić information content (AvgIpc) is 2.34. The first-order valence-electron chi connectivity index (χ1n) is 7.94. The molecule has 1 fully saturated rings. The van der Waals surface area contributed by atoms with Gasteiger partial charge in [0, 0.05) is 24.9 Å². The highest BCUT2D eigenvalue weighted by Gasteiger charge is 2.27. The lowest BCUT2D eigenvalue weighted by atomic mass is 9.95. The van der Waals surface area contributed by atoms with Gasteiger partial charge in [-0.05, 0) is 44.9 Å². The number of nitrogens with one attached hydrogen (secondary N) is 1. The zero-order valence-corrected chi connectivity index (χ0v) is 14.6. The Hall–Kier alpha value is -0.780. The van der Waals surface area contributed by atoms with E-state index >= 15 is 0 Å². The van der Waals surface area contributed by atoms with E-state index in [1.807, 2.05) is 4.90 Å². The second-order valence-corrected chi connectivity index (χ2v) is 8.94. The number of sulfone groups is 1.